The summed E-state index contributed by atoms with van der Waals surface area (Å²) >= 11 is 0. The van der Waals surface area contributed by atoms with E-state index in [0.717, 1.165) is 60.8 Å². The molecule has 0 aliphatic carbocycles. The van der Waals surface area contributed by atoms with Gasteiger partial charge in [-0.1, -0.05) is 140 Å². The lowest BCUT2D eigenvalue weighted by atomic mass is 9.99. The summed E-state index contributed by atoms with van der Waals surface area (Å²) in [5.41, 5.74) is 9.75. The van der Waals surface area contributed by atoms with Gasteiger partial charge in [0.2, 0.25) is 5.89 Å². The smallest absolute Gasteiger partial charge is 0.227 e. The fraction of sp³-hybridized carbons (Fsp3) is 0. The molecular weight excluding hydrogens is 601 g/mol. The Kier molecular flexibility index (Phi) is 7.06. The molecule has 0 radical (unpaired) electrons. The van der Waals surface area contributed by atoms with Gasteiger partial charge in [-0.3, -0.25) is 0 Å². The molecule has 9 aromatic rings. The first-order chi connectivity index (χ1) is 24.2. The minimum atomic E-state index is 0.618. The highest BCUT2D eigenvalue weighted by Gasteiger charge is 2.15. The van der Waals surface area contributed by atoms with Gasteiger partial charge in [0.05, 0.1) is 0 Å². The summed E-state index contributed by atoms with van der Waals surface area (Å²) in [5.74, 6) is 2.51. The average molecular weight is 629 g/mol. The molecule has 2 heterocycles. The number of rotatable bonds is 6. The Morgan fingerprint density at radius 2 is 0.796 bits per heavy atom. The lowest BCUT2D eigenvalue weighted by Crippen LogP contribution is -2.00. The van der Waals surface area contributed by atoms with Crippen molar-refractivity contribution in [2.75, 3.05) is 0 Å². The van der Waals surface area contributed by atoms with Gasteiger partial charge in [-0.15, -0.1) is 0 Å². The molecule has 0 aliphatic rings. The van der Waals surface area contributed by atoms with Gasteiger partial charge < -0.3 is 4.42 Å². The molecule has 9 rings (SSSR count). The minimum Gasteiger partial charge on any atom is -0.435 e. The monoisotopic (exact) mass is 628 g/mol. The SMILES string of the molecule is c1ccc(-c2ccc(-c3nc(-c4ccccc4)nc(-c4ccc5cc(-c6cccc7nc(-c8ccccc8)oc67)ccc5c4)n3)cc2)cc1. The molecule has 230 valence electrons. The largest absolute Gasteiger partial charge is 0.435 e. The fourth-order valence-corrected chi connectivity index (χ4v) is 6.23. The van der Waals surface area contributed by atoms with E-state index in [2.05, 4.69) is 91.0 Å². The number of para-hydroxylation sites is 1. The van der Waals surface area contributed by atoms with E-state index in [9.17, 15) is 0 Å². The lowest BCUT2D eigenvalue weighted by Gasteiger charge is -2.10. The number of fused-ring (bicyclic) bond motifs is 2. The normalized spacial score (nSPS) is 11.3. The van der Waals surface area contributed by atoms with Gasteiger partial charge in [-0.25, -0.2) is 19.9 Å². The van der Waals surface area contributed by atoms with Crippen molar-refractivity contribution in [2.24, 2.45) is 0 Å². The van der Waals surface area contributed by atoms with Gasteiger partial charge in [-0.05, 0) is 57.8 Å². The van der Waals surface area contributed by atoms with Gasteiger partial charge in [-0.2, -0.15) is 0 Å². The Bertz CT molecular complexity index is 2580. The van der Waals surface area contributed by atoms with Crippen molar-refractivity contribution in [1.82, 2.24) is 19.9 Å². The molecular formula is C44H28N4O. The van der Waals surface area contributed by atoms with Crippen LogP contribution in [-0.2, 0) is 0 Å². The van der Waals surface area contributed by atoms with Crippen LogP contribution in [0.3, 0.4) is 0 Å². The molecule has 0 bridgehead atoms. The average Bonchev–Trinajstić information content (AvgIpc) is 3.63. The maximum Gasteiger partial charge on any atom is 0.227 e. The second-order valence-corrected chi connectivity index (χ2v) is 11.9. The van der Waals surface area contributed by atoms with Crippen molar-refractivity contribution in [3.05, 3.63) is 170 Å². The Morgan fingerprint density at radius 1 is 0.327 bits per heavy atom. The van der Waals surface area contributed by atoms with E-state index in [1.165, 1.54) is 5.56 Å². The molecule has 5 nitrogen and oxygen atoms in total. The molecule has 0 fully saturated rings. The summed E-state index contributed by atoms with van der Waals surface area (Å²) in [5, 5.41) is 2.20. The highest BCUT2D eigenvalue weighted by atomic mass is 16.3. The van der Waals surface area contributed by atoms with E-state index >= 15 is 0 Å². The molecule has 0 spiro atoms. The summed E-state index contributed by atoms with van der Waals surface area (Å²) in [7, 11) is 0. The quantitative estimate of drug-likeness (QED) is 0.183. The molecule has 49 heavy (non-hydrogen) atoms. The van der Waals surface area contributed by atoms with Crippen molar-refractivity contribution < 1.29 is 4.42 Å². The van der Waals surface area contributed by atoms with Crippen LogP contribution in [0.2, 0.25) is 0 Å². The van der Waals surface area contributed by atoms with E-state index < -0.39 is 0 Å². The van der Waals surface area contributed by atoms with Crippen molar-refractivity contribution in [2.45, 2.75) is 0 Å². The van der Waals surface area contributed by atoms with Crippen LogP contribution < -0.4 is 0 Å². The van der Waals surface area contributed by atoms with Crippen LogP contribution in [0.5, 0.6) is 0 Å². The predicted octanol–water partition coefficient (Wildman–Crippen LogP) is 11.2. The first-order valence-electron chi connectivity index (χ1n) is 16.2. The molecule has 0 aliphatic heterocycles. The van der Waals surface area contributed by atoms with Gasteiger partial charge in [0.1, 0.15) is 5.52 Å². The van der Waals surface area contributed by atoms with Gasteiger partial charge in [0.25, 0.3) is 0 Å². The number of hydrogen-bond donors (Lipinski definition) is 0. The summed E-state index contributed by atoms with van der Waals surface area (Å²) in [6.45, 7) is 0. The molecule has 0 N–H and O–H groups in total. The van der Waals surface area contributed by atoms with Crippen LogP contribution in [-0.4, -0.2) is 19.9 Å². The summed E-state index contributed by atoms with van der Waals surface area (Å²) in [6.07, 6.45) is 0. The van der Waals surface area contributed by atoms with E-state index in [0.29, 0.717) is 23.4 Å². The summed E-state index contributed by atoms with van der Waals surface area (Å²) in [4.78, 5) is 19.6. The Morgan fingerprint density at radius 3 is 1.45 bits per heavy atom. The highest BCUT2D eigenvalue weighted by Crippen LogP contribution is 2.35. The van der Waals surface area contributed by atoms with Crippen molar-refractivity contribution in [3.63, 3.8) is 0 Å². The Labute approximate surface area is 283 Å². The Balaban J connectivity index is 1.10. The third kappa shape index (κ3) is 5.53. The molecule has 0 saturated heterocycles. The number of oxazole rings is 1. The van der Waals surface area contributed by atoms with Crippen molar-refractivity contribution in [3.8, 4) is 67.9 Å². The number of nitrogens with zero attached hydrogens (tertiary/aromatic N) is 4. The Hall–Kier alpha value is -6.72. The summed E-state index contributed by atoms with van der Waals surface area (Å²) < 4.78 is 6.32. The third-order valence-electron chi connectivity index (χ3n) is 8.76. The number of aromatic nitrogens is 4. The zero-order valence-corrected chi connectivity index (χ0v) is 26.4. The topological polar surface area (TPSA) is 64.7 Å². The van der Waals surface area contributed by atoms with E-state index in [-0.39, 0.29) is 0 Å². The van der Waals surface area contributed by atoms with E-state index in [1.54, 1.807) is 0 Å². The maximum atomic E-state index is 6.32. The second-order valence-electron chi connectivity index (χ2n) is 11.9. The van der Waals surface area contributed by atoms with Crippen LogP contribution >= 0.6 is 0 Å². The standard InChI is InChI=1S/C44H28N4O/c1-4-11-29(12-5-1)30-19-21-32(22-20-30)42-46-41(31-13-6-2-7-14-31)47-43(48-42)37-26-24-34-27-36(25-23-35(34)28-37)38-17-10-18-39-40(38)49-44(45-39)33-15-8-3-9-16-33/h1-28H. The summed E-state index contributed by atoms with van der Waals surface area (Å²) in [6, 6.07) is 57.8. The molecule has 0 unspecified atom stereocenters. The van der Waals surface area contributed by atoms with Gasteiger partial charge in [0.15, 0.2) is 23.1 Å². The maximum absolute atomic E-state index is 6.32. The highest BCUT2D eigenvalue weighted by molar-refractivity contribution is 5.96. The van der Waals surface area contributed by atoms with Crippen LogP contribution in [0, 0.1) is 0 Å². The number of hydrogen-bond acceptors (Lipinski definition) is 5. The van der Waals surface area contributed by atoms with E-state index in [4.69, 9.17) is 24.4 Å². The molecule has 7 aromatic carbocycles. The van der Waals surface area contributed by atoms with Gasteiger partial charge in [0, 0.05) is 27.8 Å². The van der Waals surface area contributed by atoms with Crippen molar-refractivity contribution >= 4 is 21.9 Å². The fourth-order valence-electron chi connectivity index (χ4n) is 6.23. The van der Waals surface area contributed by atoms with Crippen LogP contribution in [0.15, 0.2) is 174 Å². The third-order valence-corrected chi connectivity index (χ3v) is 8.76. The van der Waals surface area contributed by atoms with Crippen LogP contribution in [0.25, 0.3) is 89.7 Å². The molecule has 5 heteroatoms. The second kappa shape index (κ2) is 12.1. The molecule has 0 saturated carbocycles. The van der Waals surface area contributed by atoms with Gasteiger partial charge >= 0.3 is 0 Å². The van der Waals surface area contributed by atoms with Crippen molar-refractivity contribution in [1.29, 1.82) is 0 Å². The number of benzene rings is 7. The van der Waals surface area contributed by atoms with E-state index in [1.807, 2.05) is 78.9 Å². The molecule has 0 atom stereocenters. The first-order valence-corrected chi connectivity index (χ1v) is 16.2. The van der Waals surface area contributed by atoms with Crippen LogP contribution in [0.4, 0.5) is 0 Å². The zero-order valence-electron chi connectivity index (χ0n) is 26.4. The lowest BCUT2D eigenvalue weighted by molar-refractivity contribution is 0.621. The molecule has 2 aromatic heterocycles. The zero-order chi connectivity index (χ0) is 32.6. The van der Waals surface area contributed by atoms with Crippen LogP contribution in [0.1, 0.15) is 0 Å². The molecule has 0 amide bonds. The minimum absolute atomic E-state index is 0.618. The first kappa shape index (κ1) is 28.5. The predicted molar refractivity (Wildman–Crippen MR) is 198 cm³/mol.